The second kappa shape index (κ2) is 5.11. The quantitative estimate of drug-likeness (QED) is 0.696. The van der Waals surface area contributed by atoms with Crippen LogP contribution in [0.1, 0.15) is 35.7 Å². The molecule has 0 radical (unpaired) electrons. The Labute approximate surface area is 139 Å². The van der Waals surface area contributed by atoms with Crippen molar-refractivity contribution in [1.29, 1.82) is 5.26 Å². The molecular formula is C18H18N4O2. The molecule has 4 rings (SSSR count). The molecule has 1 aromatic heterocycles. The van der Waals surface area contributed by atoms with Crippen LogP contribution in [0.3, 0.4) is 0 Å². The Balaban J connectivity index is 2.04. The van der Waals surface area contributed by atoms with Gasteiger partial charge in [-0.25, -0.2) is 4.98 Å². The van der Waals surface area contributed by atoms with Gasteiger partial charge in [0.1, 0.15) is 17.5 Å². The number of phenolic OH excluding ortho intramolecular Hbond substituents is 2. The third-order valence-corrected chi connectivity index (χ3v) is 5.32. The summed E-state index contributed by atoms with van der Waals surface area (Å²) in [4.78, 5) is 6.84. The summed E-state index contributed by atoms with van der Waals surface area (Å²) in [6.07, 6.45) is 2.93. The molecule has 2 aliphatic rings. The molecule has 1 fully saturated rings. The number of nitriles is 1. The summed E-state index contributed by atoms with van der Waals surface area (Å²) in [6, 6.07) is 7.44. The summed E-state index contributed by atoms with van der Waals surface area (Å²) in [5.41, 5.74) is 9.75. The number of nitrogens with zero attached hydrogens (tertiary/aromatic N) is 3. The first kappa shape index (κ1) is 14.8. The molecule has 1 aromatic carbocycles. The molecule has 1 saturated heterocycles. The summed E-state index contributed by atoms with van der Waals surface area (Å²) in [5, 5.41) is 29.1. The SMILES string of the molecule is CN1[C@H]2CC[C@@H]1c1c(nc(N)c(C#N)c1-c1ccc(O)c(O)c1)C2. The molecule has 0 aliphatic carbocycles. The van der Waals surface area contributed by atoms with Gasteiger partial charge in [0.2, 0.25) is 0 Å². The van der Waals surface area contributed by atoms with Crippen LogP contribution in [-0.4, -0.2) is 33.2 Å². The number of nitrogen functional groups attached to an aromatic ring is 1. The van der Waals surface area contributed by atoms with Gasteiger partial charge < -0.3 is 15.9 Å². The van der Waals surface area contributed by atoms with Gasteiger partial charge in [0.05, 0.1) is 0 Å². The predicted molar refractivity (Wildman–Crippen MR) is 89.4 cm³/mol. The lowest BCUT2D eigenvalue weighted by Gasteiger charge is -2.34. The molecule has 0 unspecified atom stereocenters. The maximum atomic E-state index is 9.89. The lowest BCUT2D eigenvalue weighted by atomic mass is 9.87. The maximum Gasteiger partial charge on any atom is 0.158 e. The van der Waals surface area contributed by atoms with Crippen LogP contribution in [0, 0.1) is 11.3 Å². The van der Waals surface area contributed by atoms with Crippen LogP contribution in [0.25, 0.3) is 11.1 Å². The molecule has 2 aromatic rings. The van der Waals surface area contributed by atoms with Crippen molar-refractivity contribution in [2.24, 2.45) is 0 Å². The Morgan fingerprint density at radius 2 is 2.08 bits per heavy atom. The molecule has 6 heteroatoms. The molecule has 3 heterocycles. The first-order chi connectivity index (χ1) is 11.5. The number of benzene rings is 1. The molecule has 4 N–H and O–H groups in total. The summed E-state index contributed by atoms with van der Waals surface area (Å²) >= 11 is 0. The van der Waals surface area contributed by atoms with Crippen molar-refractivity contribution in [3.63, 3.8) is 0 Å². The molecule has 0 spiro atoms. The molecule has 24 heavy (non-hydrogen) atoms. The van der Waals surface area contributed by atoms with E-state index in [9.17, 15) is 15.5 Å². The van der Waals surface area contributed by atoms with Crippen molar-refractivity contribution < 1.29 is 10.2 Å². The molecule has 0 amide bonds. The van der Waals surface area contributed by atoms with Gasteiger partial charge in [-0.1, -0.05) is 6.07 Å². The highest BCUT2D eigenvalue weighted by Gasteiger charge is 2.41. The van der Waals surface area contributed by atoms with Crippen LogP contribution in [-0.2, 0) is 6.42 Å². The Morgan fingerprint density at radius 3 is 2.79 bits per heavy atom. The smallest absolute Gasteiger partial charge is 0.158 e. The summed E-state index contributed by atoms with van der Waals surface area (Å²) in [5.74, 6) is -0.178. The fraction of sp³-hybridized carbons (Fsp3) is 0.333. The average molecular weight is 322 g/mol. The van der Waals surface area contributed by atoms with Crippen LogP contribution in [0.15, 0.2) is 18.2 Å². The summed E-state index contributed by atoms with van der Waals surface area (Å²) in [7, 11) is 2.10. The van der Waals surface area contributed by atoms with Crippen molar-refractivity contribution in [2.75, 3.05) is 12.8 Å². The minimum absolute atomic E-state index is 0.189. The predicted octanol–water partition coefficient (Wildman–Crippen LogP) is 2.31. The first-order valence-corrected chi connectivity index (χ1v) is 7.98. The number of fused-ring (bicyclic) bond motifs is 4. The largest absolute Gasteiger partial charge is 0.504 e. The number of hydrogen-bond donors (Lipinski definition) is 3. The van der Waals surface area contributed by atoms with Gasteiger partial charge in [-0.05, 0) is 37.6 Å². The van der Waals surface area contributed by atoms with Gasteiger partial charge >= 0.3 is 0 Å². The minimum Gasteiger partial charge on any atom is -0.504 e. The first-order valence-electron chi connectivity index (χ1n) is 7.98. The Kier molecular flexibility index (Phi) is 3.15. The van der Waals surface area contributed by atoms with Crippen LogP contribution in [0.2, 0.25) is 0 Å². The monoisotopic (exact) mass is 322 g/mol. The van der Waals surface area contributed by atoms with Crippen LogP contribution >= 0.6 is 0 Å². The fourth-order valence-corrected chi connectivity index (χ4v) is 4.10. The molecular weight excluding hydrogens is 304 g/mol. The normalized spacial score (nSPS) is 22.2. The third-order valence-electron chi connectivity index (χ3n) is 5.32. The lowest BCUT2D eigenvalue weighted by Crippen LogP contribution is -2.35. The highest BCUT2D eigenvalue weighted by molar-refractivity contribution is 5.81. The average Bonchev–Trinajstić information content (AvgIpc) is 2.79. The topological polar surface area (TPSA) is 106 Å². The van der Waals surface area contributed by atoms with E-state index in [2.05, 4.69) is 23.0 Å². The Hall–Kier alpha value is -2.78. The van der Waals surface area contributed by atoms with E-state index in [1.807, 2.05) is 0 Å². The van der Waals surface area contributed by atoms with E-state index in [4.69, 9.17) is 5.73 Å². The van der Waals surface area contributed by atoms with Gasteiger partial charge in [-0.2, -0.15) is 5.26 Å². The number of phenols is 2. The highest BCUT2D eigenvalue weighted by atomic mass is 16.3. The number of aromatic nitrogens is 1. The minimum atomic E-state index is -0.214. The number of likely N-dealkylation sites (N-methyl/N-ethyl adjacent to an activating group) is 1. The number of aromatic hydroxyl groups is 2. The summed E-state index contributed by atoms with van der Waals surface area (Å²) < 4.78 is 0. The molecule has 0 saturated carbocycles. The van der Waals surface area contributed by atoms with E-state index in [0.717, 1.165) is 36.1 Å². The van der Waals surface area contributed by atoms with E-state index in [1.54, 1.807) is 6.07 Å². The molecule has 2 atom stereocenters. The Bertz CT molecular complexity index is 888. The van der Waals surface area contributed by atoms with Crippen molar-refractivity contribution in [3.8, 4) is 28.7 Å². The zero-order valence-corrected chi connectivity index (χ0v) is 13.3. The lowest BCUT2D eigenvalue weighted by molar-refractivity contribution is 0.222. The standard InChI is InChI=1S/C18H18N4O2/c1-22-10-3-4-13(22)17-12(7-10)21-18(20)11(8-19)16(17)9-2-5-14(23)15(24)6-9/h2,5-6,10,13,23-24H,3-4,7H2,1H3,(H2,20,21)/t10-,13+/m0/s1. The van der Waals surface area contributed by atoms with Gasteiger partial charge in [-0.15, -0.1) is 0 Å². The van der Waals surface area contributed by atoms with Gasteiger partial charge in [0.15, 0.2) is 11.5 Å². The van der Waals surface area contributed by atoms with Crippen molar-refractivity contribution in [1.82, 2.24) is 9.88 Å². The number of anilines is 1. The van der Waals surface area contributed by atoms with E-state index in [-0.39, 0.29) is 23.4 Å². The highest BCUT2D eigenvalue weighted by Crippen LogP contribution is 2.48. The number of rotatable bonds is 1. The molecule has 6 nitrogen and oxygen atoms in total. The second-order valence-electron chi connectivity index (χ2n) is 6.54. The van der Waals surface area contributed by atoms with Crippen molar-refractivity contribution in [3.05, 3.63) is 35.0 Å². The molecule has 2 aliphatic heterocycles. The number of nitrogens with two attached hydrogens (primary N) is 1. The van der Waals surface area contributed by atoms with Gasteiger partial charge in [0.25, 0.3) is 0 Å². The molecule has 122 valence electrons. The van der Waals surface area contributed by atoms with E-state index in [1.165, 1.54) is 12.1 Å². The summed E-state index contributed by atoms with van der Waals surface area (Å²) in [6.45, 7) is 0. The van der Waals surface area contributed by atoms with Gasteiger partial charge in [0, 0.05) is 35.3 Å². The Morgan fingerprint density at radius 1 is 1.29 bits per heavy atom. The van der Waals surface area contributed by atoms with Crippen molar-refractivity contribution >= 4 is 5.82 Å². The van der Waals surface area contributed by atoms with Crippen LogP contribution in [0.5, 0.6) is 11.5 Å². The second-order valence-corrected chi connectivity index (χ2v) is 6.54. The van der Waals surface area contributed by atoms with Crippen LogP contribution < -0.4 is 5.73 Å². The molecule has 2 bridgehead atoms. The van der Waals surface area contributed by atoms with E-state index in [0.29, 0.717) is 17.2 Å². The van der Waals surface area contributed by atoms with E-state index < -0.39 is 0 Å². The van der Waals surface area contributed by atoms with Gasteiger partial charge in [-0.3, -0.25) is 4.90 Å². The third kappa shape index (κ3) is 1.95. The zero-order valence-electron chi connectivity index (χ0n) is 13.3. The van der Waals surface area contributed by atoms with Crippen molar-refractivity contribution in [2.45, 2.75) is 31.3 Å². The van der Waals surface area contributed by atoms with E-state index >= 15 is 0 Å². The fourth-order valence-electron chi connectivity index (χ4n) is 4.10. The maximum absolute atomic E-state index is 9.89. The zero-order chi connectivity index (χ0) is 17.0. The number of hydrogen-bond acceptors (Lipinski definition) is 6. The van der Waals surface area contributed by atoms with Crippen LogP contribution in [0.4, 0.5) is 5.82 Å². The number of pyridine rings is 1.